The molecule has 0 aliphatic heterocycles. The van der Waals surface area contributed by atoms with E-state index in [2.05, 4.69) is 16.4 Å². The van der Waals surface area contributed by atoms with E-state index in [1.165, 1.54) is 0 Å². The summed E-state index contributed by atoms with van der Waals surface area (Å²) in [5.41, 5.74) is -3.01. The van der Waals surface area contributed by atoms with E-state index in [4.69, 9.17) is 4.74 Å². The van der Waals surface area contributed by atoms with Gasteiger partial charge in [-0.25, -0.2) is 26.3 Å². The second kappa shape index (κ2) is 14.3. The topological polar surface area (TPSA) is 27.7 Å². The summed E-state index contributed by atoms with van der Waals surface area (Å²) in [4.78, 5) is 0. The van der Waals surface area contributed by atoms with E-state index < -0.39 is 88.0 Å². The second-order valence-corrected chi connectivity index (χ2v) is 11.0. The smallest absolute Gasteiger partial charge is 0.429 e. The molecule has 246 valence electrons. The maximum Gasteiger partial charge on any atom is 0.429 e. The van der Waals surface area contributed by atoms with E-state index in [1.807, 2.05) is 0 Å². The lowest BCUT2D eigenvalue weighted by Crippen LogP contribution is -2.34. The third kappa shape index (κ3) is 8.83. The maximum absolute atomic E-state index is 14.9. The lowest BCUT2D eigenvalue weighted by Gasteiger charge is -2.29. The molecule has 0 unspecified atom stereocenters. The summed E-state index contributed by atoms with van der Waals surface area (Å²) in [5.74, 6) is -11.8. The van der Waals surface area contributed by atoms with Gasteiger partial charge in [-0.1, -0.05) is 38.7 Å². The Morgan fingerprint density at radius 1 is 0.689 bits per heavy atom. The van der Waals surface area contributed by atoms with Crippen molar-refractivity contribution >= 4 is 0 Å². The lowest BCUT2D eigenvalue weighted by molar-refractivity contribution is -0.222. The zero-order valence-electron chi connectivity index (χ0n) is 24.1. The van der Waals surface area contributed by atoms with Crippen LogP contribution in [0.2, 0.25) is 0 Å². The van der Waals surface area contributed by atoms with Gasteiger partial charge >= 0.3 is 12.2 Å². The van der Waals surface area contributed by atoms with Crippen molar-refractivity contribution in [3.05, 3.63) is 82.9 Å². The molecule has 0 bridgehead atoms. The Bertz CT molecular complexity index is 1430. The Hall–Kier alpha value is -3.48. The predicted molar refractivity (Wildman–Crippen MR) is 144 cm³/mol. The van der Waals surface area contributed by atoms with Gasteiger partial charge in [-0.15, -0.1) is 0 Å². The van der Waals surface area contributed by atoms with Crippen molar-refractivity contribution in [2.45, 2.75) is 76.6 Å². The van der Waals surface area contributed by atoms with Gasteiger partial charge in [0.15, 0.2) is 24.1 Å². The van der Waals surface area contributed by atoms with Crippen LogP contribution in [0.4, 0.5) is 43.9 Å². The van der Waals surface area contributed by atoms with Crippen LogP contribution in [0.1, 0.15) is 63.9 Å². The van der Waals surface area contributed by atoms with Crippen LogP contribution in [0.25, 0.3) is 11.1 Å². The van der Waals surface area contributed by atoms with E-state index in [1.54, 1.807) is 0 Å². The molecule has 1 aliphatic rings. The molecule has 13 heteroatoms. The van der Waals surface area contributed by atoms with Crippen molar-refractivity contribution in [3.8, 4) is 22.6 Å². The van der Waals surface area contributed by atoms with E-state index in [0.717, 1.165) is 38.5 Å². The molecule has 0 amide bonds. The van der Waals surface area contributed by atoms with Gasteiger partial charge in [-0.2, -0.15) is 17.6 Å². The zero-order valence-corrected chi connectivity index (χ0v) is 24.1. The van der Waals surface area contributed by atoms with Crippen LogP contribution in [0, 0.1) is 40.8 Å². The van der Waals surface area contributed by atoms with Gasteiger partial charge in [-0.05, 0) is 49.3 Å². The number of halogens is 10. The van der Waals surface area contributed by atoms with Crippen LogP contribution in [0.15, 0.2) is 42.5 Å². The highest BCUT2D eigenvalue weighted by Gasteiger charge is 2.39. The first-order chi connectivity index (χ1) is 21.2. The van der Waals surface area contributed by atoms with Gasteiger partial charge in [0.05, 0.1) is 17.2 Å². The molecule has 3 aromatic rings. The van der Waals surface area contributed by atoms with Crippen LogP contribution in [-0.2, 0) is 10.8 Å². The van der Waals surface area contributed by atoms with Crippen molar-refractivity contribution in [2.24, 2.45) is 5.92 Å². The Kier molecular flexibility index (Phi) is 10.9. The first-order valence-electron chi connectivity index (χ1n) is 14.4. The molecule has 1 fully saturated rings. The van der Waals surface area contributed by atoms with Gasteiger partial charge in [0, 0.05) is 24.3 Å². The number of ether oxygens (including phenoxy) is 3. The molecular formula is C32H30F10O3. The minimum absolute atomic E-state index is 0.114. The molecule has 1 saturated carbocycles. The zero-order chi connectivity index (χ0) is 32.9. The van der Waals surface area contributed by atoms with Crippen molar-refractivity contribution in [1.82, 2.24) is 0 Å². The second-order valence-electron chi connectivity index (χ2n) is 11.0. The molecule has 3 nitrogen and oxygen atoms in total. The predicted octanol–water partition coefficient (Wildman–Crippen LogP) is 10.4. The standard InChI is InChI=1S/C32H30F10O3/c1-2-3-4-5-18-6-9-20(10-7-18)43-17-31(39,40)44-21-13-25(34)29(26(35)14-21)19-8-11-23(24(33)12-19)32(41,42)45-22-15-27(36)30(38)28(37)16-22/h8,11-16,18,20H,2-7,9-10,17H2,1H3. The number of rotatable bonds is 13. The molecule has 0 saturated heterocycles. The molecule has 45 heavy (non-hydrogen) atoms. The molecular weight excluding hydrogens is 622 g/mol. The average Bonchev–Trinajstić information content (AvgIpc) is 2.95. The van der Waals surface area contributed by atoms with Crippen molar-refractivity contribution in [3.63, 3.8) is 0 Å². The molecule has 0 radical (unpaired) electrons. The summed E-state index contributed by atoms with van der Waals surface area (Å²) in [7, 11) is 0. The first kappa shape index (κ1) is 34.4. The highest BCUT2D eigenvalue weighted by Crippen LogP contribution is 2.38. The normalized spacial score (nSPS) is 17.4. The van der Waals surface area contributed by atoms with Crippen LogP contribution in [0.5, 0.6) is 11.5 Å². The highest BCUT2D eigenvalue weighted by atomic mass is 19.3. The van der Waals surface area contributed by atoms with Crippen LogP contribution < -0.4 is 9.47 Å². The fraction of sp³-hybridized carbons (Fsp3) is 0.438. The van der Waals surface area contributed by atoms with Crippen molar-refractivity contribution in [2.75, 3.05) is 6.61 Å². The van der Waals surface area contributed by atoms with E-state index >= 15 is 0 Å². The summed E-state index contributed by atoms with van der Waals surface area (Å²) < 4.78 is 156. The summed E-state index contributed by atoms with van der Waals surface area (Å²) in [5, 5.41) is 0. The maximum atomic E-state index is 14.9. The van der Waals surface area contributed by atoms with Crippen LogP contribution in [0.3, 0.4) is 0 Å². The Balaban J connectivity index is 1.40. The molecule has 0 aromatic heterocycles. The number of unbranched alkanes of at least 4 members (excludes halogenated alkanes) is 2. The minimum atomic E-state index is -4.56. The number of alkyl halides is 4. The SMILES string of the molecule is CCCCCC1CCC(OCC(F)(F)Oc2cc(F)c(-c3ccc(C(F)(F)Oc4cc(F)c(F)c(F)c4)c(F)c3)c(F)c2)CC1. The van der Waals surface area contributed by atoms with Gasteiger partial charge in [0.25, 0.3) is 0 Å². The number of hydrogen-bond acceptors (Lipinski definition) is 3. The van der Waals surface area contributed by atoms with Crippen molar-refractivity contribution in [1.29, 1.82) is 0 Å². The monoisotopic (exact) mass is 652 g/mol. The average molecular weight is 653 g/mol. The molecule has 0 spiro atoms. The van der Waals surface area contributed by atoms with Gasteiger partial charge in [-0.3, -0.25) is 0 Å². The van der Waals surface area contributed by atoms with Crippen LogP contribution in [-0.4, -0.2) is 18.8 Å². The lowest BCUT2D eigenvalue weighted by atomic mass is 9.84. The fourth-order valence-electron chi connectivity index (χ4n) is 5.27. The first-order valence-corrected chi connectivity index (χ1v) is 14.4. The third-order valence-corrected chi connectivity index (χ3v) is 7.55. The van der Waals surface area contributed by atoms with Gasteiger partial charge < -0.3 is 14.2 Å². The molecule has 0 heterocycles. The fourth-order valence-corrected chi connectivity index (χ4v) is 5.27. The molecule has 0 atom stereocenters. The van der Waals surface area contributed by atoms with E-state index in [-0.39, 0.29) is 12.1 Å². The van der Waals surface area contributed by atoms with Crippen molar-refractivity contribution < 1.29 is 58.1 Å². The summed E-state index contributed by atoms with van der Waals surface area (Å²) in [6.07, 6.45) is -1.47. The minimum Gasteiger partial charge on any atom is -0.431 e. The highest BCUT2D eigenvalue weighted by molar-refractivity contribution is 5.66. The Morgan fingerprint density at radius 3 is 1.84 bits per heavy atom. The van der Waals surface area contributed by atoms with Crippen LogP contribution >= 0.6 is 0 Å². The third-order valence-electron chi connectivity index (χ3n) is 7.55. The van der Waals surface area contributed by atoms with E-state index in [0.29, 0.717) is 49.1 Å². The summed E-state index contributed by atoms with van der Waals surface area (Å²) in [6.45, 7) is 0.966. The molecule has 1 aliphatic carbocycles. The number of benzene rings is 3. The summed E-state index contributed by atoms with van der Waals surface area (Å²) in [6, 6.07) is 2.48. The van der Waals surface area contributed by atoms with E-state index in [9.17, 15) is 43.9 Å². The molecule has 4 rings (SSSR count). The van der Waals surface area contributed by atoms with Gasteiger partial charge in [0.2, 0.25) is 0 Å². The molecule has 3 aromatic carbocycles. The quantitative estimate of drug-likeness (QED) is 0.105. The molecule has 0 N–H and O–H groups in total. The Labute approximate surface area is 253 Å². The Morgan fingerprint density at radius 2 is 1.27 bits per heavy atom. The number of hydrogen-bond donors (Lipinski definition) is 0. The van der Waals surface area contributed by atoms with Gasteiger partial charge in [0.1, 0.15) is 29.0 Å². The summed E-state index contributed by atoms with van der Waals surface area (Å²) >= 11 is 0. The largest absolute Gasteiger partial charge is 0.431 e.